The molecule has 1 heterocycles. The number of halogens is 1. The highest BCUT2D eigenvalue weighted by Gasteiger charge is 2.51. The number of rotatable bonds is 5. The molecule has 1 fully saturated rings. The molecule has 1 aromatic carbocycles. The molecule has 0 spiro atoms. The number of ether oxygens (including phenoxy) is 1. The molecule has 4 rings (SSSR count). The van der Waals surface area contributed by atoms with Gasteiger partial charge in [-0.1, -0.05) is 35.9 Å². The average Bonchev–Trinajstić information content (AvgIpc) is 3.41. The molecule has 2 bridgehead atoms. The van der Waals surface area contributed by atoms with Gasteiger partial charge in [0.05, 0.1) is 18.9 Å². The lowest BCUT2D eigenvalue weighted by Gasteiger charge is -2.23. The maximum absolute atomic E-state index is 13.1. The zero-order valence-corrected chi connectivity index (χ0v) is 17.9. The Morgan fingerprint density at radius 2 is 1.77 bits per heavy atom. The van der Waals surface area contributed by atoms with E-state index < -0.39 is 23.8 Å². The number of aryl methyl sites for hydroxylation is 1. The topological polar surface area (TPSA) is 92.7 Å². The van der Waals surface area contributed by atoms with Crippen molar-refractivity contribution < 1.29 is 24.2 Å². The zero-order valence-electron chi connectivity index (χ0n) is 16.3. The summed E-state index contributed by atoms with van der Waals surface area (Å²) >= 11 is 7.26. The summed E-state index contributed by atoms with van der Waals surface area (Å²) in [7, 11) is 1.29. The van der Waals surface area contributed by atoms with Crippen LogP contribution >= 0.6 is 22.9 Å². The summed E-state index contributed by atoms with van der Waals surface area (Å²) < 4.78 is 4.98. The van der Waals surface area contributed by atoms with Gasteiger partial charge < -0.3 is 15.2 Å². The SMILES string of the molecule is COC(=O)c1c(NC(=O)[C@H]2[C@@H](C(=O)O)[C@H]3C=C[C@H]2C3)sc(C)c1-c1ccc(Cl)cc1. The number of amides is 1. The second-order valence-corrected chi connectivity index (χ2v) is 9.22. The second kappa shape index (κ2) is 7.89. The lowest BCUT2D eigenvalue weighted by atomic mass is 9.82. The summed E-state index contributed by atoms with van der Waals surface area (Å²) in [5, 5.41) is 13.4. The standard InChI is InChI=1S/C22H20ClNO5S/c1-10-15(11-5-7-14(23)8-6-11)18(22(28)29-2)20(30-10)24-19(25)16-12-3-4-13(9-12)17(16)21(26)27/h3-8,12-13,16-17H,9H2,1-2H3,(H,24,25)(H,26,27)/t12-,13-,16+,17-/m0/s1. The number of esters is 1. The summed E-state index contributed by atoms with van der Waals surface area (Å²) in [6.45, 7) is 1.86. The fourth-order valence-corrected chi connectivity index (χ4v) is 5.80. The fourth-order valence-electron chi connectivity index (χ4n) is 4.61. The van der Waals surface area contributed by atoms with Crippen LogP contribution in [0.15, 0.2) is 36.4 Å². The Labute approximate surface area is 182 Å². The van der Waals surface area contributed by atoms with Gasteiger partial charge >= 0.3 is 11.9 Å². The number of fused-ring (bicyclic) bond motifs is 2. The molecule has 6 nitrogen and oxygen atoms in total. The Hall–Kier alpha value is -2.64. The molecule has 30 heavy (non-hydrogen) atoms. The van der Waals surface area contributed by atoms with Gasteiger partial charge in [0, 0.05) is 15.5 Å². The first-order chi connectivity index (χ1) is 14.3. The molecule has 0 unspecified atom stereocenters. The fraction of sp³-hybridized carbons (Fsp3) is 0.318. The van der Waals surface area contributed by atoms with Crippen LogP contribution in [0, 0.1) is 30.6 Å². The van der Waals surface area contributed by atoms with Crippen molar-refractivity contribution in [1.29, 1.82) is 0 Å². The Morgan fingerprint density at radius 3 is 2.37 bits per heavy atom. The summed E-state index contributed by atoms with van der Waals surface area (Å²) in [4.78, 5) is 38.3. The highest BCUT2D eigenvalue weighted by molar-refractivity contribution is 7.17. The van der Waals surface area contributed by atoms with E-state index in [9.17, 15) is 19.5 Å². The molecule has 0 saturated heterocycles. The van der Waals surface area contributed by atoms with Crippen LogP contribution < -0.4 is 5.32 Å². The van der Waals surface area contributed by atoms with Crippen LogP contribution in [-0.4, -0.2) is 30.1 Å². The molecule has 4 atom stereocenters. The van der Waals surface area contributed by atoms with Crippen molar-refractivity contribution >= 4 is 45.8 Å². The Morgan fingerprint density at radius 1 is 1.13 bits per heavy atom. The van der Waals surface area contributed by atoms with Gasteiger partial charge in [-0.15, -0.1) is 11.3 Å². The molecule has 0 radical (unpaired) electrons. The minimum Gasteiger partial charge on any atom is -0.481 e. The number of benzene rings is 1. The molecule has 2 N–H and O–H groups in total. The van der Waals surface area contributed by atoms with E-state index in [0.717, 1.165) is 10.4 Å². The monoisotopic (exact) mass is 445 g/mol. The number of allylic oxidation sites excluding steroid dienone is 2. The van der Waals surface area contributed by atoms with E-state index >= 15 is 0 Å². The highest BCUT2D eigenvalue weighted by atomic mass is 35.5. The van der Waals surface area contributed by atoms with Gasteiger partial charge in [0.25, 0.3) is 0 Å². The van der Waals surface area contributed by atoms with E-state index in [1.54, 1.807) is 24.3 Å². The first-order valence-corrected chi connectivity index (χ1v) is 10.7. The molecular weight excluding hydrogens is 426 g/mol. The number of carbonyl (C=O) groups is 3. The Balaban J connectivity index is 1.71. The third-order valence-electron chi connectivity index (χ3n) is 5.89. The predicted octanol–water partition coefficient (Wildman–Crippen LogP) is 4.62. The summed E-state index contributed by atoms with van der Waals surface area (Å²) in [5.41, 5.74) is 1.71. The van der Waals surface area contributed by atoms with E-state index in [1.165, 1.54) is 18.4 Å². The van der Waals surface area contributed by atoms with E-state index in [4.69, 9.17) is 16.3 Å². The first kappa shape index (κ1) is 20.6. The number of hydrogen-bond acceptors (Lipinski definition) is 5. The zero-order chi connectivity index (χ0) is 21.6. The third-order valence-corrected chi connectivity index (χ3v) is 7.16. The second-order valence-electron chi connectivity index (χ2n) is 7.56. The number of carbonyl (C=O) groups excluding carboxylic acids is 2. The quantitative estimate of drug-likeness (QED) is 0.517. The number of carboxylic acids is 1. The van der Waals surface area contributed by atoms with E-state index in [0.29, 0.717) is 22.0 Å². The van der Waals surface area contributed by atoms with Gasteiger partial charge in [-0.3, -0.25) is 9.59 Å². The minimum atomic E-state index is -0.968. The van der Waals surface area contributed by atoms with Crippen molar-refractivity contribution in [2.75, 3.05) is 12.4 Å². The average molecular weight is 446 g/mol. The Kier molecular flexibility index (Phi) is 5.42. The van der Waals surface area contributed by atoms with Crippen molar-refractivity contribution in [1.82, 2.24) is 0 Å². The minimum absolute atomic E-state index is 0.102. The summed E-state index contributed by atoms with van der Waals surface area (Å²) in [6.07, 6.45) is 4.48. The number of carboxylic acid groups (broad SMARTS) is 1. The number of thiophene rings is 1. The molecule has 2 aliphatic carbocycles. The molecule has 1 aromatic heterocycles. The number of nitrogens with one attached hydrogen (secondary N) is 1. The van der Waals surface area contributed by atoms with Crippen LogP contribution in [0.4, 0.5) is 5.00 Å². The van der Waals surface area contributed by atoms with Gasteiger partial charge in [-0.2, -0.15) is 0 Å². The van der Waals surface area contributed by atoms with Crippen LogP contribution in [0.3, 0.4) is 0 Å². The van der Waals surface area contributed by atoms with E-state index in [2.05, 4.69) is 5.32 Å². The van der Waals surface area contributed by atoms with Gasteiger partial charge in [-0.05, 0) is 42.9 Å². The predicted molar refractivity (Wildman–Crippen MR) is 115 cm³/mol. The molecule has 1 amide bonds. The van der Waals surface area contributed by atoms with Crippen molar-refractivity contribution in [3.63, 3.8) is 0 Å². The summed E-state index contributed by atoms with van der Waals surface area (Å²) in [5.74, 6) is -3.56. The first-order valence-electron chi connectivity index (χ1n) is 9.51. The number of anilines is 1. The number of methoxy groups -OCH3 is 1. The maximum Gasteiger partial charge on any atom is 0.341 e. The van der Waals surface area contributed by atoms with E-state index in [-0.39, 0.29) is 23.3 Å². The van der Waals surface area contributed by atoms with Gasteiger partial charge in [0.2, 0.25) is 5.91 Å². The van der Waals surface area contributed by atoms with Crippen LogP contribution in [0.5, 0.6) is 0 Å². The molecule has 2 aliphatic rings. The maximum atomic E-state index is 13.1. The molecule has 1 saturated carbocycles. The lowest BCUT2D eigenvalue weighted by Crippen LogP contribution is -2.36. The van der Waals surface area contributed by atoms with Crippen LogP contribution in [-0.2, 0) is 14.3 Å². The largest absolute Gasteiger partial charge is 0.481 e. The Bertz CT molecular complexity index is 1060. The molecule has 8 heteroatoms. The van der Waals surface area contributed by atoms with Crippen LogP contribution in [0.25, 0.3) is 11.1 Å². The van der Waals surface area contributed by atoms with Crippen molar-refractivity contribution in [3.05, 3.63) is 51.9 Å². The van der Waals surface area contributed by atoms with Gasteiger partial charge in [0.1, 0.15) is 10.6 Å². The lowest BCUT2D eigenvalue weighted by molar-refractivity contribution is -0.146. The van der Waals surface area contributed by atoms with Crippen molar-refractivity contribution in [2.45, 2.75) is 13.3 Å². The molecular formula is C22H20ClNO5S. The third kappa shape index (κ3) is 3.42. The number of aliphatic carboxylic acids is 1. The van der Waals surface area contributed by atoms with Gasteiger partial charge in [-0.25, -0.2) is 4.79 Å². The normalized spacial score (nSPS) is 24.1. The highest BCUT2D eigenvalue weighted by Crippen LogP contribution is 2.49. The molecule has 2 aromatic rings. The molecule has 156 valence electrons. The van der Waals surface area contributed by atoms with Crippen LogP contribution in [0.2, 0.25) is 5.02 Å². The smallest absolute Gasteiger partial charge is 0.341 e. The van der Waals surface area contributed by atoms with E-state index in [1.807, 2.05) is 19.1 Å². The molecule has 0 aliphatic heterocycles. The van der Waals surface area contributed by atoms with Crippen molar-refractivity contribution in [3.8, 4) is 11.1 Å². The van der Waals surface area contributed by atoms with Crippen LogP contribution in [0.1, 0.15) is 21.7 Å². The number of hydrogen-bond donors (Lipinski definition) is 2. The van der Waals surface area contributed by atoms with Gasteiger partial charge in [0.15, 0.2) is 0 Å². The van der Waals surface area contributed by atoms with Crippen molar-refractivity contribution in [2.24, 2.45) is 23.7 Å². The summed E-state index contributed by atoms with van der Waals surface area (Å²) in [6, 6.07) is 7.06.